The highest BCUT2D eigenvalue weighted by molar-refractivity contribution is 5.98. The van der Waals surface area contributed by atoms with Crippen molar-refractivity contribution in [1.29, 1.82) is 0 Å². The third-order valence-electron chi connectivity index (χ3n) is 7.12. The van der Waals surface area contributed by atoms with Gasteiger partial charge in [-0.2, -0.15) is 0 Å². The maximum atomic E-state index is 13.2. The highest BCUT2D eigenvalue weighted by Crippen LogP contribution is 2.40. The van der Waals surface area contributed by atoms with Gasteiger partial charge in [-0.05, 0) is 68.6 Å². The van der Waals surface area contributed by atoms with E-state index in [1.54, 1.807) is 23.1 Å². The first-order chi connectivity index (χ1) is 14.1. The van der Waals surface area contributed by atoms with E-state index in [1.165, 1.54) is 6.42 Å². The third kappa shape index (κ3) is 3.85. The van der Waals surface area contributed by atoms with Gasteiger partial charge in [-0.3, -0.25) is 9.59 Å². The van der Waals surface area contributed by atoms with Crippen molar-refractivity contribution in [3.05, 3.63) is 23.8 Å². The molecule has 8 heteroatoms. The normalized spacial score (nSPS) is 31.8. The molecule has 3 unspecified atom stereocenters. The summed E-state index contributed by atoms with van der Waals surface area (Å²) in [5.74, 6) is 2.06. The number of carbonyl (C=O) groups excluding carboxylic acids is 2. The first-order valence-electron chi connectivity index (χ1n) is 10.9. The molecule has 1 aromatic rings. The van der Waals surface area contributed by atoms with E-state index in [-0.39, 0.29) is 43.1 Å². The Balaban J connectivity index is 0.00000218. The molecule has 2 aliphatic heterocycles. The van der Waals surface area contributed by atoms with Crippen molar-refractivity contribution < 1.29 is 19.1 Å². The number of rotatable bonds is 3. The van der Waals surface area contributed by atoms with Gasteiger partial charge in [0, 0.05) is 24.2 Å². The third-order valence-corrected chi connectivity index (χ3v) is 7.12. The van der Waals surface area contributed by atoms with E-state index in [1.807, 2.05) is 0 Å². The van der Waals surface area contributed by atoms with Gasteiger partial charge in [0.25, 0.3) is 5.91 Å². The lowest BCUT2D eigenvalue weighted by Gasteiger charge is -2.45. The maximum absolute atomic E-state index is 13.2. The average Bonchev–Trinajstić information content (AvgIpc) is 3.37. The van der Waals surface area contributed by atoms with E-state index in [4.69, 9.17) is 15.2 Å². The second-order valence-electron chi connectivity index (χ2n) is 8.94. The van der Waals surface area contributed by atoms with Crippen LogP contribution in [0.25, 0.3) is 0 Å². The molecule has 7 nitrogen and oxygen atoms in total. The zero-order chi connectivity index (χ0) is 20.0. The van der Waals surface area contributed by atoms with Crippen molar-refractivity contribution in [2.75, 3.05) is 13.3 Å². The molecule has 3 N–H and O–H groups in total. The molecule has 2 bridgehead atoms. The van der Waals surface area contributed by atoms with Crippen LogP contribution in [0.3, 0.4) is 0 Å². The van der Waals surface area contributed by atoms with Crippen LogP contribution in [-0.2, 0) is 4.79 Å². The van der Waals surface area contributed by atoms with E-state index in [0.717, 1.165) is 32.1 Å². The number of nitrogens with one attached hydrogen (secondary N) is 1. The van der Waals surface area contributed by atoms with Crippen molar-refractivity contribution in [2.24, 2.45) is 17.6 Å². The van der Waals surface area contributed by atoms with Gasteiger partial charge in [0.05, 0.1) is 0 Å². The first kappa shape index (κ1) is 21.2. The number of nitrogens with two attached hydrogens (primary N) is 1. The van der Waals surface area contributed by atoms with Crippen LogP contribution in [-0.4, -0.2) is 48.2 Å². The maximum Gasteiger partial charge on any atom is 0.254 e. The van der Waals surface area contributed by atoms with Crippen LogP contribution in [0.5, 0.6) is 11.5 Å². The molecule has 2 amide bonds. The number of benzene rings is 1. The van der Waals surface area contributed by atoms with Crippen molar-refractivity contribution >= 4 is 24.2 Å². The monoisotopic (exact) mass is 435 g/mol. The van der Waals surface area contributed by atoms with Gasteiger partial charge in [0.1, 0.15) is 6.04 Å². The Kier molecular flexibility index (Phi) is 6.11. The van der Waals surface area contributed by atoms with Crippen LogP contribution in [0.1, 0.15) is 55.3 Å². The molecule has 2 saturated carbocycles. The number of halogens is 1. The summed E-state index contributed by atoms with van der Waals surface area (Å²) in [5, 5.41) is 3.33. The van der Waals surface area contributed by atoms with Crippen LogP contribution in [0, 0.1) is 11.8 Å². The van der Waals surface area contributed by atoms with Gasteiger partial charge in [-0.25, -0.2) is 0 Å². The van der Waals surface area contributed by atoms with E-state index in [9.17, 15) is 9.59 Å². The molecule has 5 rings (SSSR count). The number of likely N-dealkylation sites (tertiary alicyclic amines) is 1. The summed E-state index contributed by atoms with van der Waals surface area (Å²) in [6.45, 7) is 0.781. The lowest BCUT2D eigenvalue weighted by molar-refractivity contribution is -0.127. The average molecular weight is 436 g/mol. The molecule has 3 fully saturated rings. The number of hydrogen-bond acceptors (Lipinski definition) is 5. The van der Waals surface area contributed by atoms with E-state index in [0.29, 0.717) is 41.9 Å². The second-order valence-corrected chi connectivity index (χ2v) is 8.94. The number of ether oxygens (including phenoxy) is 2. The van der Waals surface area contributed by atoms with Gasteiger partial charge in [0.15, 0.2) is 11.5 Å². The fourth-order valence-electron chi connectivity index (χ4n) is 5.76. The minimum Gasteiger partial charge on any atom is -0.454 e. The molecule has 1 saturated heterocycles. The van der Waals surface area contributed by atoms with Crippen LogP contribution < -0.4 is 20.5 Å². The topological polar surface area (TPSA) is 93.9 Å². The first-order valence-corrected chi connectivity index (χ1v) is 10.9. The van der Waals surface area contributed by atoms with Gasteiger partial charge in [-0.15, -0.1) is 12.4 Å². The fourth-order valence-corrected chi connectivity index (χ4v) is 5.76. The molecule has 164 valence electrons. The predicted molar refractivity (Wildman–Crippen MR) is 114 cm³/mol. The van der Waals surface area contributed by atoms with Gasteiger partial charge in [-0.1, -0.05) is 6.42 Å². The molecular weight excluding hydrogens is 406 g/mol. The van der Waals surface area contributed by atoms with E-state index < -0.39 is 6.04 Å². The molecule has 2 heterocycles. The van der Waals surface area contributed by atoms with Crippen molar-refractivity contribution in [3.63, 3.8) is 0 Å². The Bertz CT molecular complexity index is 806. The summed E-state index contributed by atoms with van der Waals surface area (Å²) in [6, 6.07) is 5.28. The summed E-state index contributed by atoms with van der Waals surface area (Å²) < 4.78 is 10.7. The van der Waals surface area contributed by atoms with Crippen LogP contribution in [0.4, 0.5) is 0 Å². The van der Waals surface area contributed by atoms with Crippen molar-refractivity contribution in [2.45, 2.75) is 63.1 Å². The lowest BCUT2D eigenvalue weighted by Crippen LogP contribution is -2.57. The smallest absolute Gasteiger partial charge is 0.254 e. The van der Waals surface area contributed by atoms with E-state index in [2.05, 4.69) is 5.32 Å². The molecule has 30 heavy (non-hydrogen) atoms. The summed E-state index contributed by atoms with van der Waals surface area (Å²) >= 11 is 0. The zero-order valence-electron chi connectivity index (χ0n) is 17.0. The number of hydrogen-bond donors (Lipinski definition) is 2. The highest BCUT2D eigenvalue weighted by Gasteiger charge is 2.42. The Morgan fingerprint density at radius 3 is 2.53 bits per heavy atom. The Morgan fingerprint density at radius 1 is 1.03 bits per heavy atom. The van der Waals surface area contributed by atoms with E-state index >= 15 is 0 Å². The summed E-state index contributed by atoms with van der Waals surface area (Å²) in [7, 11) is 0. The fraction of sp³-hybridized carbons (Fsp3) is 0.636. The van der Waals surface area contributed by atoms with Crippen LogP contribution in [0.2, 0.25) is 0 Å². The number of carbonyl (C=O) groups is 2. The Hall–Kier alpha value is -1.99. The quantitative estimate of drug-likeness (QED) is 0.760. The SMILES string of the molecule is Cl.NC1CC2CCCC(C1)C2NC(=O)C1CCCN1C(=O)c1ccc2c(c1)OCO2. The minimum atomic E-state index is -0.399. The Labute approximate surface area is 183 Å². The molecule has 0 spiro atoms. The molecule has 0 radical (unpaired) electrons. The van der Waals surface area contributed by atoms with Crippen molar-refractivity contribution in [3.8, 4) is 11.5 Å². The van der Waals surface area contributed by atoms with Crippen LogP contribution in [0.15, 0.2) is 18.2 Å². The molecule has 1 aromatic carbocycles. The standard InChI is InChI=1S/C22H29N3O4.ClH/c23-16-9-13-3-1-4-14(10-16)20(13)24-21(26)17-5-2-8-25(17)22(27)15-6-7-18-19(11-15)29-12-28-18;/h6-7,11,13-14,16-17,20H,1-5,8-10,12,23H2,(H,24,26);1H. The zero-order valence-corrected chi connectivity index (χ0v) is 17.9. The molecule has 0 aromatic heterocycles. The Morgan fingerprint density at radius 2 is 1.77 bits per heavy atom. The van der Waals surface area contributed by atoms with Gasteiger partial charge < -0.3 is 25.4 Å². The number of amides is 2. The second kappa shape index (κ2) is 8.63. The molecule has 2 aliphatic carbocycles. The molecular formula is C22H30ClN3O4. The van der Waals surface area contributed by atoms with Gasteiger partial charge >= 0.3 is 0 Å². The van der Waals surface area contributed by atoms with Crippen LogP contribution >= 0.6 is 12.4 Å². The van der Waals surface area contributed by atoms with Gasteiger partial charge in [0.2, 0.25) is 12.7 Å². The molecule has 3 atom stereocenters. The summed E-state index contributed by atoms with van der Waals surface area (Å²) in [4.78, 5) is 28.0. The minimum absolute atomic E-state index is 0. The number of fused-ring (bicyclic) bond motifs is 3. The largest absolute Gasteiger partial charge is 0.454 e. The summed E-state index contributed by atoms with van der Waals surface area (Å²) in [5.41, 5.74) is 6.76. The summed E-state index contributed by atoms with van der Waals surface area (Å²) in [6.07, 6.45) is 7.05. The highest BCUT2D eigenvalue weighted by atomic mass is 35.5. The predicted octanol–water partition coefficient (Wildman–Crippen LogP) is 2.46. The van der Waals surface area contributed by atoms with Crippen molar-refractivity contribution in [1.82, 2.24) is 10.2 Å². The number of nitrogens with zero attached hydrogens (tertiary/aromatic N) is 1. The lowest BCUT2D eigenvalue weighted by atomic mass is 9.67. The molecule has 4 aliphatic rings.